The zero-order chi connectivity index (χ0) is 20.5. The van der Waals surface area contributed by atoms with E-state index in [9.17, 15) is 24.1 Å². The van der Waals surface area contributed by atoms with E-state index in [1.807, 2.05) is 37.3 Å². The number of benzene rings is 2. The summed E-state index contributed by atoms with van der Waals surface area (Å²) in [7, 11) is 1.59. The highest BCUT2D eigenvalue weighted by molar-refractivity contribution is 5.38. The molecule has 1 aliphatic rings. The number of ether oxygens (including phenoxy) is 2. The largest absolute Gasteiger partial charge is 0.497 e. The molecule has 1 heterocycles. The number of halogens is 2. The minimum Gasteiger partial charge on any atom is -0.497 e. The van der Waals surface area contributed by atoms with E-state index in [0.717, 1.165) is 22.4 Å². The summed E-state index contributed by atoms with van der Waals surface area (Å²) in [5.41, 5.74) is 3.43. The molecular weight excluding hydrogens is 370 g/mol. The predicted molar refractivity (Wildman–Crippen MR) is 98.6 cm³/mol. The summed E-state index contributed by atoms with van der Waals surface area (Å²) in [5, 5.41) is 29.3. The monoisotopic (exact) mass is 394 g/mol. The highest BCUT2D eigenvalue weighted by Gasteiger charge is 2.57. The van der Waals surface area contributed by atoms with Crippen molar-refractivity contribution in [2.45, 2.75) is 43.7 Å². The molecule has 152 valence electrons. The van der Waals surface area contributed by atoms with Crippen LogP contribution in [0.2, 0.25) is 0 Å². The summed E-state index contributed by atoms with van der Waals surface area (Å²) in [4.78, 5) is 0. The Labute approximate surface area is 162 Å². The highest BCUT2D eigenvalue weighted by Crippen LogP contribution is 2.41. The van der Waals surface area contributed by atoms with E-state index < -0.39 is 36.9 Å². The molecule has 2 aromatic rings. The number of methoxy groups -OCH3 is 1. The van der Waals surface area contributed by atoms with Crippen LogP contribution in [0.25, 0.3) is 0 Å². The molecule has 3 N–H and O–H groups in total. The van der Waals surface area contributed by atoms with E-state index in [2.05, 4.69) is 0 Å². The lowest BCUT2D eigenvalue weighted by Crippen LogP contribution is -2.59. The van der Waals surface area contributed by atoms with Crippen LogP contribution in [0.4, 0.5) is 8.78 Å². The maximum absolute atomic E-state index is 14.0. The minimum absolute atomic E-state index is 0.467. The van der Waals surface area contributed by atoms with Crippen molar-refractivity contribution in [1.82, 2.24) is 0 Å². The fourth-order valence-corrected chi connectivity index (χ4v) is 3.39. The Morgan fingerprint density at radius 1 is 1.11 bits per heavy atom. The van der Waals surface area contributed by atoms with Gasteiger partial charge in [-0.2, -0.15) is 0 Å². The van der Waals surface area contributed by atoms with Crippen LogP contribution < -0.4 is 4.74 Å². The second kappa shape index (κ2) is 8.13. The van der Waals surface area contributed by atoms with Crippen LogP contribution in [0.3, 0.4) is 0 Å². The maximum Gasteiger partial charge on any atom is 0.303 e. The lowest BCUT2D eigenvalue weighted by molar-refractivity contribution is -0.296. The van der Waals surface area contributed by atoms with Crippen molar-refractivity contribution >= 4 is 0 Å². The van der Waals surface area contributed by atoms with Gasteiger partial charge in [-0.05, 0) is 47.7 Å². The molecule has 0 bridgehead atoms. The normalized spacial score (nSPS) is 26.8. The summed E-state index contributed by atoms with van der Waals surface area (Å²) < 4.78 is 38.4. The van der Waals surface area contributed by atoms with Gasteiger partial charge in [-0.3, -0.25) is 0 Å². The molecule has 0 spiro atoms. The van der Waals surface area contributed by atoms with Crippen molar-refractivity contribution < 1.29 is 33.6 Å². The fraction of sp³-hybridized carbons (Fsp3) is 0.429. The molecule has 1 fully saturated rings. The Hall–Kier alpha value is -2.06. The van der Waals surface area contributed by atoms with E-state index in [1.165, 1.54) is 0 Å². The zero-order valence-electron chi connectivity index (χ0n) is 15.7. The fourth-order valence-electron chi connectivity index (χ4n) is 3.39. The third-order valence-corrected chi connectivity index (χ3v) is 5.19. The molecule has 0 saturated carbocycles. The summed E-state index contributed by atoms with van der Waals surface area (Å²) >= 11 is 0. The molecule has 0 aliphatic carbocycles. The van der Waals surface area contributed by atoms with Gasteiger partial charge in [-0.15, -0.1) is 0 Å². The second-order valence-corrected chi connectivity index (χ2v) is 7.05. The van der Waals surface area contributed by atoms with Crippen LogP contribution in [-0.2, 0) is 11.2 Å². The van der Waals surface area contributed by atoms with Gasteiger partial charge in [0.05, 0.1) is 13.7 Å². The Morgan fingerprint density at radius 3 is 2.39 bits per heavy atom. The van der Waals surface area contributed by atoms with Crippen molar-refractivity contribution in [2.24, 2.45) is 0 Å². The molecule has 0 amide bonds. The number of alkyl halides is 2. The average molecular weight is 394 g/mol. The van der Waals surface area contributed by atoms with Gasteiger partial charge in [-0.25, -0.2) is 8.78 Å². The summed E-state index contributed by atoms with van der Waals surface area (Å²) in [6, 6.07) is 12.8. The number of aliphatic hydroxyl groups excluding tert-OH is 3. The van der Waals surface area contributed by atoms with Gasteiger partial charge in [-0.1, -0.05) is 30.3 Å². The summed E-state index contributed by atoms with van der Waals surface area (Å²) in [5.74, 6) is -2.99. The molecular formula is C21H24F2O5. The Bertz CT molecular complexity index is 805. The van der Waals surface area contributed by atoms with Crippen LogP contribution >= 0.6 is 0 Å². The van der Waals surface area contributed by atoms with Gasteiger partial charge >= 0.3 is 5.92 Å². The van der Waals surface area contributed by atoms with E-state index in [4.69, 9.17) is 9.47 Å². The van der Waals surface area contributed by atoms with Gasteiger partial charge in [0.15, 0.2) is 0 Å². The van der Waals surface area contributed by atoms with Crippen molar-refractivity contribution in [3.8, 4) is 5.75 Å². The molecule has 0 radical (unpaired) electrons. The maximum atomic E-state index is 14.0. The van der Waals surface area contributed by atoms with Crippen LogP contribution in [0.1, 0.15) is 28.4 Å². The number of aryl methyl sites for hydroxylation is 1. The third kappa shape index (κ3) is 3.89. The van der Waals surface area contributed by atoms with Crippen molar-refractivity contribution in [3.05, 3.63) is 64.7 Å². The van der Waals surface area contributed by atoms with Gasteiger partial charge in [0.25, 0.3) is 0 Å². The van der Waals surface area contributed by atoms with Crippen LogP contribution in [0.15, 0.2) is 42.5 Å². The van der Waals surface area contributed by atoms with E-state index in [1.54, 1.807) is 19.2 Å². The molecule has 7 heteroatoms. The smallest absolute Gasteiger partial charge is 0.303 e. The Balaban J connectivity index is 1.87. The molecule has 0 aromatic heterocycles. The molecule has 4 atom stereocenters. The lowest BCUT2D eigenvalue weighted by atomic mass is 9.88. The molecule has 5 nitrogen and oxygen atoms in total. The molecule has 28 heavy (non-hydrogen) atoms. The lowest BCUT2D eigenvalue weighted by Gasteiger charge is -2.42. The van der Waals surface area contributed by atoms with Gasteiger partial charge < -0.3 is 24.8 Å². The van der Waals surface area contributed by atoms with Crippen molar-refractivity contribution in [2.75, 3.05) is 13.7 Å². The summed E-state index contributed by atoms with van der Waals surface area (Å²) in [6.07, 6.45) is -6.59. The van der Waals surface area contributed by atoms with Crippen LogP contribution in [0, 0.1) is 6.92 Å². The minimum atomic E-state index is -3.73. The quantitative estimate of drug-likeness (QED) is 0.726. The molecule has 4 unspecified atom stereocenters. The Kier molecular flexibility index (Phi) is 6.00. The van der Waals surface area contributed by atoms with E-state index >= 15 is 0 Å². The SMILES string of the molecule is COc1ccc(Cc2cc(C3OC(CO)C(F)(F)C(O)C3O)ccc2C)cc1. The highest BCUT2D eigenvalue weighted by atomic mass is 19.3. The third-order valence-electron chi connectivity index (χ3n) is 5.19. The number of hydrogen-bond acceptors (Lipinski definition) is 5. The number of rotatable bonds is 5. The second-order valence-electron chi connectivity index (χ2n) is 7.05. The standard InChI is InChI=1S/C21H24F2O5/c1-12-3-6-14(10-15(12)9-13-4-7-16(27-2)8-5-13)19-18(25)20(26)21(22,23)17(11-24)28-19/h3-8,10,17-20,24-26H,9,11H2,1-2H3. The van der Waals surface area contributed by atoms with E-state index in [0.29, 0.717) is 12.0 Å². The van der Waals surface area contributed by atoms with Gasteiger partial charge in [0.2, 0.25) is 0 Å². The molecule has 3 rings (SSSR count). The van der Waals surface area contributed by atoms with Gasteiger partial charge in [0, 0.05) is 0 Å². The predicted octanol–water partition coefficient (Wildman–Crippen LogP) is 2.38. The molecule has 1 aliphatic heterocycles. The van der Waals surface area contributed by atoms with E-state index in [-0.39, 0.29) is 0 Å². The van der Waals surface area contributed by atoms with Crippen molar-refractivity contribution in [1.29, 1.82) is 0 Å². The first-order valence-corrected chi connectivity index (χ1v) is 9.00. The first-order valence-electron chi connectivity index (χ1n) is 9.00. The average Bonchev–Trinajstić information content (AvgIpc) is 2.69. The zero-order valence-corrected chi connectivity index (χ0v) is 15.7. The topological polar surface area (TPSA) is 79.2 Å². The molecule has 2 aromatic carbocycles. The first-order chi connectivity index (χ1) is 13.3. The number of aliphatic hydroxyl groups is 3. The summed E-state index contributed by atoms with van der Waals surface area (Å²) in [6.45, 7) is 0.970. The first kappa shape index (κ1) is 20.7. The molecule has 1 saturated heterocycles. The van der Waals surface area contributed by atoms with Crippen molar-refractivity contribution in [3.63, 3.8) is 0 Å². The van der Waals surface area contributed by atoms with Crippen LogP contribution in [-0.4, -0.2) is 53.3 Å². The van der Waals surface area contributed by atoms with Crippen LogP contribution in [0.5, 0.6) is 5.75 Å². The van der Waals surface area contributed by atoms with Gasteiger partial charge in [0.1, 0.15) is 30.2 Å². The Morgan fingerprint density at radius 2 is 1.79 bits per heavy atom. The number of hydrogen-bond donors (Lipinski definition) is 3.